The third kappa shape index (κ3) is 10.3. The molecule has 0 rings (SSSR count). The standard InChI is InChI=1S/C8H17NS.ClH/c1-6-7-9(5)10-8(2,3)4;/h6H,1,7H2,2-5H3;1H. The van der Waals surface area contributed by atoms with Gasteiger partial charge in [0.15, 0.2) is 0 Å². The zero-order chi connectivity index (χ0) is 8.20. The normalized spacial score (nSPS) is 11.0. The van der Waals surface area contributed by atoms with Crippen LogP contribution in [0, 0.1) is 0 Å². The SMILES string of the molecule is C=CCN(C)SC(C)(C)C.Cl. The molecule has 0 saturated heterocycles. The van der Waals surface area contributed by atoms with Gasteiger partial charge in [-0.1, -0.05) is 18.0 Å². The van der Waals surface area contributed by atoms with Gasteiger partial charge in [0.2, 0.25) is 0 Å². The second kappa shape index (κ2) is 5.92. The molecule has 0 aliphatic heterocycles. The van der Waals surface area contributed by atoms with Gasteiger partial charge in [0.1, 0.15) is 0 Å². The summed E-state index contributed by atoms with van der Waals surface area (Å²) in [5, 5.41) is 0. The van der Waals surface area contributed by atoms with Crippen molar-refractivity contribution in [3.05, 3.63) is 12.7 Å². The number of halogens is 1. The Morgan fingerprint density at radius 2 is 1.91 bits per heavy atom. The maximum Gasteiger partial charge on any atom is 0.0264 e. The number of rotatable bonds is 3. The molecule has 1 nitrogen and oxygen atoms in total. The van der Waals surface area contributed by atoms with Crippen molar-refractivity contribution in [3.63, 3.8) is 0 Å². The molecule has 0 spiro atoms. The lowest BCUT2D eigenvalue weighted by atomic mass is 10.3. The minimum absolute atomic E-state index is 0. The Morgan fingerprint density at radius 1 is 1.45 bits per heavy atom. The van der Waals surface area contributed by atoms with E-state index in [0.29, 0.717) is 4.75 Å². The highest BCUT2D eigenvalue weighted by Crippen LogP contribution is 2.25. The Hall–Kier alpha value is 0.340. The molecule has 11 heavy (non-hydrogen) atoms. The Morgan fingerprint density at radius 3 is 2.18 bits per heavy atom. The highest BCUT2D eigenvalue weighted by Gasteiger charge is 2.12. The third-order valence-corrected chi connectivity index (χ3v) is 1.82. The second-order valence-electron chi connectivity index (χ2n) is 3.30. The molecule has 0 N–H and O–H groups in total. The van der Waals surface area contributed by atoms with Gasteiger partial charge in [-0.25, -0.2) is 4.31 Å². The van der Waals surface area contributed by atoms with Crippen molar-refractivity contribution < 1.29 is 0 Å². The van der Waals surface area contributed by atoms with Gasteiger partial charge in [-0.15, -0.1) is 19.0 Å². The van der Waals surface area contributed by atoms with Crippen molar-refractivity contribution in [1.29, 1.82) is 0 Å². The van der Waals surface area contributed by atoms with E-state index in [1.54, 1.807) is 0 Å². The Bertz CT molecular complexity index is 109. The van der Waals surface area contributed by atoms with E-state index in [1.165, 1.54) is 0 Å². The fourth-order valence-electron chi connectivity index (χ4n) is 0.687. The summed E-state index contributed by atoms with van der Waals surface area (Å²) >= 11 is 1.84. The van der Waals surface area contributed by atoms with Gasteiger partial charge < -0.3 is 0 Å². The van der Waals surface area contributed by atoms with Crippen LogP contribution in [0.2, 0.25) is 0 Å². The Kier molecular flexibility index (Phi) is 7.48. The van der Waals surface area contributed by atoms with Crippen molar-refractivity contribution in [2.24, 2.45) is 0 Å². The van der Waals surface area contributed by atoms with E-state index in [-0.39, 0.29) is 12.4 Å². The summed E-state index contributed by atoms with van der Waals surface area (Å²) < 4.78 is 2.50. The fourth-order valence-corrected chi connectivity index (χ4v) is 1.80. The maximum atomic E-state index is 3.68. The average Bonchev–Trinajstić information content (AvgIpc) is 1.59. The van der Waals surface area contributed by atoms with E-state index in [4.69, 9.17) is 0 Å². The van der Waals surface area contributed by atoms with Crippen LogP contribution in [0.15, 0.2) is 12.7 Å². The quantitative estimate of drug-likeness (QED) is 0.503. The van der Waals surface area contributed by atoms with E-state index in [2.05, 4.69) is 38.7 Å². The van der Waals surface area contributed by atoms with Crippen LogP contribution in [0.3, 0.4) is 0 Å². The minimum atomic E-state index is 0. The summed E-state index contributed by atoms with van der Waals surface area (Å²) in [4.78, 5) is 0. The lowest BCUT2D eigenvalue weighted by Crippen LogP contribution is -2.19. The third-order valence-electron chi connectivity index (χ3n) is 0.816. The van der Waals surface area contributed by atoms with Crippen molar-refractivity contribution in [2.45, 2.75) is 25.5 Å². The van der Waals surface area contributed by atoms with E-state index < -0.39 is 0 Å². The molecule has 0 atom stereocenters. The van der Waals surface area contributed by atoms with Gasteiger partial charge in [0.05, 0.1) is 0 Å². The first-order valence-corrected chi connectivity index (χ1v) is 4.24. The van der Waals surface area contributed by atoms with Crippen LogP contribution in [0.4, 0.5) is 0 Å². The molecule has 0 bridgehead atoms. The van der Waals surface area contributed by atoms with E-state index in [9.17, 15) is 0 Å². The minimum Gasteiger partial charge on any atom is -0.249 e. The molecule has 0 aromatic rings. The molecular weight excluding hydrogens is 178 g/mol. The smallest absolute Gasteiger partial charge is 0.0264 e. The van der Waals surface area contributed by atoms with Crippen LogP contribution in [-0.2, 0) is 0 Å². The monoisotopic (exact) mass is 195 g/mol. The van der Waals surface area contributed by atoms with Crippen LogP contribution >= 0.6 is 24.4 Å². The predicted octanol–water partition coefficient (Wildman–Crippen LogP) is 2.97. The molecule has 0 heterocycles. The summed E-state index contributed by atoms with van der Waals surface area (Å²) in [6.45, 7) is 11.2. The number of hydrogen-bond acceptors (Lipinski definition) is 2. The van der Waals surface area contributed by atoms with Gasteiger partial charge >= 0.3 is 0 Å². The zero-order valence-electron chi connectivity index (χ0n) is 7.76. The van der Waals surface area contributed by atoms with Gasteiger partial charge in [0.25, 0.3) is 0 Å². The molecule has 0 amide bonds. The van der Waals surface area contributed by atoms with Gasteiger partial charge in [-0.3, -0.25) is 0 Å². The Balaban J connectivity index is 0. The summed E-state index contributed by atoms with van der Waals surface area (Å²) in [6, 6.07) is 0. The molecular formula is C8H18ClNS. The van der Waals surface area contributed by atoms with Crippen LogP contribution in [0.1, 0.15) is 20.8 Å². The highest BCUT2D eigenvalue weighted by molar-refractivity contribution is 7.98. The summed E-state index contributed by atoms with van der Waals surface area (Å²) in [5.41, 5.74) is 0. The maximum absolute atomic E-state index is 3.68. The van der Waals surface area contributed by atoms with Crippen LogP contribution in [0.25, 0.3) is 0 Å². The Labute approximate surface area is 80.8 Å². The van der Waals surface area contributed by atoms with Crippen LogP contribution < -0.4 is 0 Å². The molecule has 0 aromatic carbocycles. The van der Waals surface area contributed by atoms with Crippen molar-refractivity contribution in [2.75, 3.05) is 13.6 Å². The molecule has 68 valence electrons. The van der Waals surface area contributed by atoms with Gasteiger partial charge in [-0.05, 0) is 27.8 Å². The first-order valence-electron chi connectivity index (χ1n) is 3.47. The van der Waals surface area contributed by atoms with Crippen molar-refractivity contribution in [3.8, 4) is 0 Å². The average molecular weight is 196 g/mol. The molecule has 0 aliphatic carbocycles. The van der Waals surface area contributed by atoms with Crippen molar-refractivity contribution in [1.82, 2.24) is 4.31 Å². The summed E-state index contributed by atoms with van der Waals surface area (Å²) in [6.07, 6.45) is 1.92. The molecule has 3 heteroatoms. The molecule has 0 aliphatic rings. The fraction of sp³-hybridized carbons (Fsp3) is 0.750. The second-order valence-corrected chi connectivity index (χ2v) is 5.33. The van der Waals surface area contributed by atoms with Crippen LogP contribution in [0.5, 0.6) is 0 Å². The molecule has 0 radical (unpaired) electrons. The molecule has 0 fully saturated rings. The van der Waals surface area contributed by atoms with E-state index >= 15 is 0 Å². The number of nitrogens with zero attached hydrogens (tertiary/aromatic N) is 1. The van der Waals surface area contributed by atoms with E-state index in [1.807, 2.05) is 18.0 Å². The molecule has 0 saturated carbocycles. The first-order chi connectivity index (χ1) is 4.45. The van der Waals surface area contributed by atoms with Gasteiger partial charge in [0, 0.05) is 11.3 Å². The van der Waals surface area contributed by atoms with Crippen LogP contribution in [-0.4, -0.2) is 22.6 Å². The summed E-state index contributed by atoms with van der Waals surface area (Å²) in [7, 11) is 2.08. The topological polar surface area (TPSA) is 3.24 Å². The number of hydrogen-bond donors (Lipinski definition) is 0. The highest BCUT2D eigenvalue weighted by atomic mass is 35.5. The lowest BCUT2D eigenvalue weighted by molar-refractivity contribution is 0.613. The predicted molar refractivity (Wildman–Crippen MR) is 57.4 cm³/mol. The molecule has 0 aromatic heterocycles. The largest absolute Gasteiger partial charge is 0.249 e. The first kappa shape index (κ1) is 13.9. The summed E-state index contributed by atoms with van der Waals surface area (Å²) in [5.74, 6) is 0. The molecule has 0 unspecified atom stereocenters. The number of likely N-dealkylation sites (N-methyl/N-ethyl adjacent to an activating group) is 1. The van der Waals surface area contributed by atoms with Gasteiger partial charge in [-0.2, -0.15) is 0 Å². The zero-order valence-corrected chi connectivity index (χ0v) is 9.39. The van der Waals surface area contributed by atoms with E-state index in [0.717, 1.165) is 6.54 Å². The lowest BCUT2D eigenvalue weighted by Gasteiger charge is -2.23. The van der Waals surface area contributed by atoms with Crippen molar-refractivity contribution >= 4 is 24.4 Å².